The van der Waals surface area contributed by atoms with Gasteiger partial charge in [-0.2, -0.15) is 0 Å². The van der Waals surface area contributed by atoms with Gasteiger partial charge < -0.3 is 31.1 Å². The van der Waals surface area contributed by atoms with Crippen molar-refractivity contribution >= 4 is 53.0 Å². The van der Waals surface area contributed by atoms with E-state index in [0.717, 1.165) is 51.4 Å². The molecular weight excluding hydrogens is 789 g/mol. The zero-order valence-corrected chi connectivity index (χ0v) is 36.9. The molecule has 0 aromatic heterocycles. The highest BCUT2D eigenvalue weighted by atomic mass is 16.4. The molecule has 15 heteroatoms. The lowest BCUT2D eigenvalue weighted by Gasteiger charge is -2.28. The van der Waals surface area contributed by atoms with Crippen LogP contribution >= 0.6 is 0 Å². The second-order valence-corrected chi connectivity index (χ2v) is 17.5. The first kappa shape index (κ1) is 54.8. The van der Waals surface area contributed by atoms with Crippen molar-refractivity contribution in [3.63, 3.8) is 0 Å². The van der Waals surface area contributed by atoms with Gasteiger partial charge in [0.2, 0.25) is 11.8 Å². The van der Waals surface area contributed by atoms with Crippen molar-refractivity contribution in [2.45, 2.75) is 200 Å². The lowest BCUT2D eigenvalue weighted by Crippen LogP contribution is -2.41. The number of rotatable bonds is 38. The van der Waals surface area contributed by atoms with Gasteiger partial charge in [0.25, 0.3) is 0 Å². The molecule has 0 aromatic rings. The Kier molecular flexibility index (Phi) is 29.2. The van der Waals surface area contributed by atoms with Gasteiger partial charge >= 0.3 is 23.9 Å². The third kappa shape index (κ3) is 27.4. The highest BCUT2D eigenvalue weighted by Gasteiger charge is 2.31. The first-order chi connectivity index (χ1) is 29.0. The molecule has 0 aliphatic heterocycles. The van der Waals surface area contributed by atoms with Crippen LogP contribution in [0.5, 0.6) is 0 Å². The maximum atomic E-state index is 13.1. The van der Waals surface area contributed by atoms with Gasteiger partial charge in [-0.25, -0.2) is 4.79 Å². The number of amides is 2. The van der Waals surface area contributed by atoms with Crippen LogP contribution in [0.25, 0.3) is 0 Å². The molecule has 61 heavy (non-hydrogen) atoms. The summed E-state index contributed by atoms with van der Waals surface area (Å²) in [5, 5.41) is 42.9. The molecule has 1 aliphatic carbocycles. The summed E-state index contributed by atoms with van der Waals surface area (Å²) >= 11 is 0. The number of carboxylic acid groups (broad SMARTS) is 4. The summed E-state index contributed by atoms with van der Waals surface area (Å²) in [7, 11) is 0. The Labute approximate surface area is 362 Å². The van der Waals surface area contributed by atoms with E-state index < -0.39 is 53.4 Å². The van der Waals surface area contributed by atoms with Gasteiger partial charge in [-0.3, -0.25) is 38.4 Å². The number of nitrogens with one attached hydrogen (secondary N) is 2. The van der Waals surface area contributed by atoms with E-state index >= 15 is 0 Å². The highest BCUT2D eigenvalue weighted by Crippen LogP contribution is 2.31. The molecular formula is C46H76N2O13. The number of hydrogen-bond donors (Lipinski definition) is 6. The van der Waals surface area contributed by atoms with Gasteiger partial charge in [-0.15, -0.1) is 0 Å². The topological polar surface area (TPSA) is 259 Å². The zero-order chi connectivity index (χ0) is 45.6. The van der Waals surface area contributed by atoms with Crippen LogP contribution in [0.2, 0.25) is 0 Å². The summed E-state index contributed by atoms with van der Waals surface area (Å²) in [6, 6.07) is -1.46. The van der Waals surface area contributed by atoms with Gasteiger partial charge in [0.05, 0.1) is 11.8 Å². The van der Waals surface area contributed by atoms with E-state index in [4.69, 9.17) is 5.11 Å². The molecule has 6 N–H and O–H groups in total. The Bertz CT molecular complexity index is 1390. The zero-order valence-electron chi connectivity index (χ0n) is 36.9. The van der Waals surface area contributed by atoms with Crippen LogP contribution in [0.3, 0.4) is 0 Å². The van der Waals surface area contributed by atoms with E-state index in [1.165, 1.54) is 51.4 Å². The molecule has 0 heterocycles. The Morgan fingerprint density at radius 2 is 0.984 bits per heavy atom. The maximum Gasteiger partial charge on any atom is 0.326 e. The van der Waals surface area contributed by atoms with Crippen LogP contribution in [-0.4, -0.2) is 86.1 Å². The molecule has 1 aliphatic rings. The van der Waals surface area contributed by atoms with Crippen LogP contribution in [0, 0.1) is 29.6 Å². The summed E-state index contributed by atoms with van der Waals surface area (Å²) in [6.07, 6.45) is 17.3. The number of carbonyl (C=O) groups excluding carboxylic acids is 5. The summed E-state index contributed by atoms with van der Waals surface area (Å²) in [5.41, 5.74) is 0. The molecule has 0 radical (unpaired) electrons. The second-order valence-electron chi connectivity index (χ2n) is 17.5. The average molecular weight is 865 g/mol. The van der Waals surface area contributed by atoms with Crippen molar-refractivity contribution in [3.8, 4) is 0 Å². The normalized spacial score (nSPS) is 16.6. The molecule has 348 valence electrons. The molecule has 0 bridgehead atoms. The van der Waals surface area contributed by atoms with Gasteiger partial charge in [0.1, 0.15) is 23.4 Å². The average Bonchev–Trinajstić information content (AvgIpc) is 3.20. The fraction of sp³-hybridized carbons (Fsp3) is 0.804. The van der Waals surface area contributed by atoms with E-state index in [1.54, 1.807) is 13.8 Å². The molecule has 0 unspecified atom stereocenters. The number of unbranched alkanes of at least 4 members (excludes halogenated alkanes) is 13. The number of aliphatic carboxylic acids is 4. The smallest absolute Gasteiger partial charge is 0.326 e. The van der Waals surface area contributed by atoms with E-state index in [-0.39, 0.29) is 93.0 Å². The van der Waals surface area contributed by atoms with E-state index in [2.05, 4.69) is 10.6 Å². The van der Waals surface area contributed by atoms with Crippen molar-refractivity contribution < 1.29 is 63.6 Å². The Hall–Kier alpha value is -4.17. The van der Waals surface area contributed by atoms with Crippen LogP contribution in [0.15, 0.2) is 0 Å². The molecule has 2 amide bonds. The maximum absolute atomic E-state index is 13.1. The highest BCUT2D eigenvalue weighted by molar-refractivity contribution is 5.88. The van der Waals surface area contributed by atoms with E-state index in [1.807, 2.05) is 0 Å². The first-order valence-corrected chi connectivity index (χ1v) is 23.0. The summed E-state index contributed by atoms with van der Waals surface area (Å²) < 4.78 is 0. The fourth-order valence-corrected chi connectivity index (χ4v) is 7.87. The third-order valence-electron chi connectivity index (χ3n) is 12.0. The Morgan fingerprint density at radius 1 is 0.508 bits per heavy atom. The van der Waals surface area contributed by atoms with Crippen molar-refractivity contribution in [2.24, 2.45) is 29.6 Å². The largest absolute Gasteiger partial charge is 0.481 e. The van der Waals surface area contributed by atoms with E-state index in [0.29, 0.717) is 25.8 Å². The monoisotopic (exact) mass is 865 g/mol. The van der Waals surface area contributed by atoms with Gasteiger partial charge in [-0.05, 0) is 63.7 Å². The van der Waals surface area contributed by atoms with Crippen LogP contribution in [-0.2, 0) is 43.2 Å². The van der Waals surface area contributed by atoms with Gasteiger partial charge in [-0.1, -0.05) is 90.9 Å². The Morgan fingerprint density at radius 3 is 1.46 bits per heavy atom. The molecule has 1 fully saturated rings. The summed E-state index contributed by atoms with van der Waals surface area (Å²) in [5.74, 6) is -8.68. The number of Topliss-reactive ketones (excluding diaryl/α,β-unsaturated/α-hetero) is 3. The van der Waals surface area contributed by atoms with Crippen molar-refractivity contribution in [1.82, 2.24) is 10.6 Å². The van der Waals surface area contributed by atoms with Crippen LogP contribution in [0.4, 0.5) is 0 Å². The van der Waals surface area contributed by atoms with Crippen LogP contribution < -0.4 is 10.6 Å². The molecule has 15 nitrogen and oxygen atoms in total. The Balaban J connectivity index is 2.27. The van der Waals surface area contributed by atoms with E-state index in [9.17, 15) is 58.5 Å². The molecule has 0 saturated heterocycles. The van der Waals surface area contributed by atoms with Crippen molar-refractivity contribution in [2.75, 3.05) is 6.54 Å². The molecule has 1 rings (SSSR count). The second kappa shape index (κ2) is 32.5. The van der Waals surface area contributed by atoms with Crippen molar-refractivity contribution in [1.29, 1.82) is 0 Å². The number of carboxylic acids is 4. The predicted molar refractivity (Wildman–Crippen MR) is 229 cm³/mol. The standard InChI is InChI=1S/C46H76N2O13/c1-32(2)39(50)27-23-35(44(56)57)29-37(49)25-26-38(46(60)61)48-42(53)28-24-36(45(58)59)30-40(51)34-21-19-33(20-22-34)31-47-41(52)17-15-13-11-9-7-5-3-4-6-8-10-12-14-16-18-43(54)55/h32-36,38H,3-31H2,1-2H3,(H,47,52)(H,48,53)(H,54,55)(H,56,57)(H,58,59)(H,60,61)/t33?,34?,35-,36-,38+/m1/s1. The summed E-state index contributed by atoms with van der Waals surface area (Å²) in [4.78, 5) is 109. The molecule has 0 spiro atoms. The minimum Gasteiger partial charge on any atom is -0.481 e. The molecule has 0 aromatic carbocycles. The predicted octanol–water partition coefficient (Wildman–Crippen LogP) is 7.69. The number of hydrogen-bond acceptors (Lipinski definition) is 9. The van der Waals surface area contributed by atoms with Gasteiger partial charge in [0, 0.05) is 63.3 Å². The van der Waals surface area contributed by atoms with Crippen LogP contribution in [0.1, 0.15) is 194 Å². The lowest BCUT2D eigenvalue weighted by atomic mass is 9.78. The van der Waals surface area contributed by atoms with Gasteiger partial charge in [0.15, 0.2) is 0 Å². The third-order valence-corrected chi connectivity index (χ3v) is 12.0. The minimum absolute atomic E-state index is 0.00819. The number of ketones is 3. The minimum atomic E-state index is -1.46. The van der Waals surface area contributed by atoms with Crippen molar-refractivity contribution in [3.05, 3.63) is 0 Å². The molecule has 1 saturated carbocycles. The summed E-state index contributed by atoms with van der Waals surface area (Å²) in [6.45, 7) is 3.93. The molecule has 3 atom stereocenters. The first-order valence-electron chi connectivity index (χ1n) is 23.0. The quantitative estimate of drug-likeness (QED) is 0.0326. The fourth-order valence-electron chi connectivity index (χ4n) is 7.87. The lowest BCUT2D eigenvalue weighted by molar-refractivity contribution is -0.145. The number of carbonyl (C=O) groups is 9. The SMILES string of the molecule is CC(C)C(=O)CC[C@H](CC(=O)CC[C@H](NC(=O)CC[C@H](CC(=O)C1CCC(CNC(=O)CCCCCCCCCCCCCCCCC(=O)O)CC1)C(=O)O)C(=O)O)C(=O)O.